The maximum absolute atomic E-state index is 11.8. The van der Waals surface area contributed by atoms with Crippen LogP contribution in [0.3, 0.4) is 0 Å². The van der Waals surface area contributed by atoms with E-state index in [1.54, 1.807) is 0 Å². The van der Waals surface area contributed by atoms with Crippen LogP contribution in [0.1, 0.15) is 36.2 Å². The van der Waals surface area contributed by atoms with Crippen molar-refractivity contribution < 1.29 is 35.0 Å². The number of nitro benzene ring substituents is 2. The second-order valence-electron chi connectivity index (χ2n) is 7.09. The number of benzene rings is 2. The van der Waals surface area contributed by atoms with Crippen LogP contribution in [-0.4, -0.2) is 39.2 Å². The van der Waals surface area contributed by atoms with Gasteiger partial charge in [-0.2, -0.15) is 16.8 Å². The molecule has 12 nitrogen and oxygen atoms in total. The van der Waals surface area contributed by atoms with Gasteiger partial charge in [-0.25, -0.2) is 0 Å². The molecule has 16 heteroatoms. The molecule has 0 unspecified atom stereocenters. The van der Waals surface area contributed by atoms with Crippen molar-refractivity contribution in [1.82, 2.24) is 0 Å². The summed E-state index contributed by atoms with van der Waals surface area (Å²) in [6, 6.07) is 7.12. The van der Waals surface area contributed by atoms with Crippen molar-refractivity contribution in [1.29, 1.82) is 0 Å². The fourth-order valence-electron chi connectivity index (χ4n) is 3.01. The molecule has 0 aromatic heterocycles. The van der Waals surface area contributed by atoms with E-state index in [0.717, 1.165) is 24.6 Å². The third kappa shape index (κ3) is 8.14. The van der Waals surface area contributed by atoms with Crippen molar-refractivity contribution in [2.45, 2.75) is 25.0 Å². The van der Waals surface area contributed by atoms with Gasteiger partial charge in [0.1, 0.15) is 22.3 Å². The molecule has 0 N–H and O–H groups in total. The highest BCUT2D eigenvalue weighted by molar-refractivity contribution is 7.86. The second-order valence-corrected chi connectivity index (χ2v) is 11.1. The lowest BCUT2D eigenvalue weighted by Gasteiger charge is -2.21. The minimum Gasteiger partial charge on any atom is -0.262 e. The van der Waals surface area contributed by atoms with Crippen molar-refractivity contribution >= 4 is 54.8 Å². The Morgan fingerprint density at radius 2 is 1.09 bits per heavy atom. The van der Waals surface area contributed by atoms with Crippen LogP contribution in [0.5, 0.6) is 0 Å². The van der Waals surface area contributed by atoms with Gasteiger partial charge in [0, 0.05) is 12.1 Å². The summed E-state index contributed by atoms with van der Waals surface area (Å²) < 4.78 is 57.3. The summed E-state index contributed by atoms with van der Waals surface area (Å²) in [5, 5.41) is 22.1. The molecule has 0 aliphatic heterocycles. The molecule has 0 bridgehead atoms. The summed E-state index contributed by atoms with van der Waals surface area (Å²) in [6.07, 6.45) is -1.42. The molecule has 2 aromatic rings. The first kappa shape index (κ1) is 27.9. The Kier molecular flexibility index (Phi) is 8.96. The van der Waals surface area contributed by atoms with Crippen LogP contribution >= 0.6 is 23.2 Å². The van der Waals surface area contributed by atoms with Gasteiger partial charge in [0.2, 0.25) is 0 Å². The minimum absolute atomic E-state index is 0.0849. The lowest BCUT2D eigenvalue weighted by molar-refractivity contribution is -0.385. The van der Waals surface area contributed by atoms with Gasteiger partial charge in [-0.3, -0.25) is 28.6 Å². The molecule has 0 saturated carbocycles. The maximum Gasteiger partial charge on any atom is 0.288 e. The topological polar surface area (TPSA) is 173 Å². The van der Waals surface area contributed by atoms with Crippen molar-refractivity contribution in [3.8, 4) is 0 Å². The fourth-order valence-corrected chi connectivity index (χ4v) is 4.64. The molecule has 0 fully saturated rings. The number of hydrogen-bond donors (Lipinski definition) is 0. The lowest BCUT2D eigenvalue weighted by Crippen LogP contribution is -2.15. The van der Waals surface area contributed by atoms with Gasteiger partial charge in [-0.1, -0.05) is 35.3 Å². The third-order valence-corrected chi connectivity index (χ3v) is 6.15. The van der Waals surface area contributed by atoms with Crippen LogP contribution in [0.25, 0.3) is 0 Å². The van der Waals surface area contributed by atoms with Gasteiger partial charge < -0.3 is 0 Å². The molecule has 2 atom stereocenters. The van der Waals surface area contributed by atoms with E-state index in [-0.39, 0.29) is 34.0 Å². The van der Waals surface area contributed by atoms with Crippen molar-refractivity contribution in [2.75, 3.05) is 12.5 Å². The monoisotopic (exact) mass is 556 g/mol. The Balaban J connectivity index is 2.46. The molecule has 0 radical (unpaired) electrons. The average Bonchev–Trinajstić information content (AvgIpc) is 2.68. The van der Waals surface area contributed by atoms with Gasteiger partial charge in [0.15, 0.2) is 0 Å². The standard InChI is InChI=1S/C18H18Cl2N2O10S2/c1-33(27,28)31-17(11-3-5-13(19)15(9-11)21(23)24)7-8-18(32-34(2,29)30)12-4-6-14(20)16(10-12)22(25)26/h3-6,9-10,17-18H,7-8H2,1-2H3/t17-,18-/m0/s1. The van der Waals surface area contributed by atoms with Gasteiger partial charge in [-0.05, 0) is 36.1 Å². The zero-order chi connectivity index (χ0) is 25.8. The van der Waals surface area contributed by atoms with Gasteiger partial charge in [0.05, 0.1) is 22.4 Å². The van der Waals surface area contributed by atoms with Gasteiger partial charge in [-0.15, -0.1) is 0 Å². The van der Waals surface area contributed by atoms with Crippen LogP contribution in [0.2, 0.25) is 10.0 Å². The van der Waals surface area contributed by atoms with Gasteiger partial charge in [0.25, 0.3) is 31.6 Å². The lowest BCUT2D eigenvalue weighted by atomic mass is 9.98. The SMILES string of the molecule is CS(=O)(=O)O[C@@H](CC[C@H](OS(C)(=O)=O)c1ccc(Cl)c([N+](=O)[O-])c1)c1ccc(Cl)c([N+](=O)[O-])c1. The van der Waals surface area contributed by atoms with E-state index < -0.39 is 53.7 Å². The Hall–Kier alpha value is -2.36. The van der Waals surface area contributed by atoms with Crippen LogP contribution in [0, 0.1) is 20.2 Å². The second kappa shape index (κ2) is 10.9. The Morgan fingerprint density at radius 3 is 1.35 bits per heavy atom. The molecule has 2 aromatic carbocycles. The predicted molar refractivity (Wildman–Crippen MR) is 123 cm³/mol. The summed E-state index contributed by atoms with van der Waals surface area (Å²) >= 11 is 11.6. The first-order valence-corrected chi connectivity index (χ1v) is 13.6. The number of nitro groups is 2. The molecule has 0 saturated heterocycles. The molecule has 34 heavy (non-hydrogen) atoms. The molecule has 2 rings (SSSR count). The first-order valence-electron chi connectivity index (χ1n) is 9.21. The molecule has 0 spiro atoms. The summed E-state index contributed by atoms with van der Waals surface area (Å²) in [5.74, 6) is 0. The molecule has 0 aliphatic rings. The summed E-state index contributed by atoms with van der Waals surface area (Å²) in [6.45, 7) is 0. The summed E-state index contributed by atoms with van der Waals surface area (Å²) in [4.78, 5) is 20.9. The Bertz CT molecular complexity index is 1210. The molecular formula is C18H18Cl2N2O10S2. The Labute approximate surface area is 204 Å². The molecule has 0 heterocycles. The maximum atomic E-state index is 11.8. The molecule has 0 amide bonds. The van der Waals surface area contributed by atoms with Crippen LogP contribution < -0.4 is 0 Å². The number of rotatable bonds is 11. The normalized spacial score (nSPS) is 13.9. The zero-order valence-electron chi connectivity index (χ0n) is 17.6. The third-order valence-electron chi connectivity index (χ3n) is 4.35. The molecule has 186 valence electrons. The Morgan fingerprint density at radius 1 is 0.765 bits per heavy atom. The number of halogens is 2. The van der Waals surface area contributed by atoms with E-state index in [1.807, 2.05) is 0 Å². The quantitative estimate of drug-likeness (QED) is 0.220. The van der Waals surface area contributed by atoms with Gasteiger partial charge >= 0.3 is 0 Å². The molecular weight excluding hydrogens is 539 g/mol. The molecule has 0 aliphatic carbocycles. The highest BCUT2D eigenvalue weighted by atomic mass is 35.5. The highest BCUT2D eigenvalue weighted by Crippen LogP contribution is 2.36. The summed E-state index contributed by atoms with van der Waals surface area (Å²) in [5.41, 5.74) is -0.805. The van der Waals surface area contributed by atoms with E-state index >= 15 is 0 Å². The van der Waals surface area contributed by atoms with Crippen LogP contribution in [-0.2, 0) is 28.6 Å². The fraction of sp³-hybridized carbons (Fsp3) is 0.333. The minimum atomic E-state index is -4.05. The van der Waals surface area contributed by atoms with E-state index in [1.165, 1.54) is 24.3 Å². The largest absolute Gasteiger partial charge is 0.288 e. The highest BCUT2D eigenvalue weighted by Gasteiger charge is 2.27. The van der Waals surface area contributed by atoms with Crippen LogP contribution in [0.4, 0.5) is 11.4 Å². The van der Waals surface area contributed by atoms with Crippen molar-refractivity contribution in [3.05, 3.63) is 77.8 Å². The van der Waals surface area contributed by atoms with Crippen molar-refractivity contribution in [2.24, 2.45) is 0 Å². The number of nitrogens with zero attached hydrogens (tertiary/aromatic N) is 2. The smallest absolute Gasteiger partial charge is 0.262 e. The van der Waals surface area contributed by atoms with E-state index in [2.05, 4.69) is 0 Å². The van der Waals surface area contributed by atoms with Crippen LogP contribution in [0.15, 0.2) is 36.4 Å². The van der Waals surface area contributed by atoms with E-state index in [9.17, 15) is 37.1 Å². The summed E-state index contributed by atoms with van der Waals surface area (Å²) in [7, 11) is -8.11. The van der Waals surface area contributed by atoms with Crippen molar-refractivity contribution in [3.63, 3.8) is 0 Å². The number of hydrogen-bond acceptors (Lipinski definition) is 10. The predicted octanol–water partition coefficient (Wildman–Crippen LogP) is 4.32. The average molecular weight is 557 g/mol. The zero-order valence-corrected chi connectivity index (χ0v) is 20.7. The van der Waals surface area contributed by atoms with E-state index in [4.69, 9.17) is 31.6 Å². The first-order chi connectivity index (χ1) is 15.6. The van der Waals surface area contributed by atoms with E-state index in [0.29, 0.717) is 0 Å².